The van der Waals surface area contributed by atoms with Crippen molar-refractivity contribution in [2.24, 2.45) is 0 Å². The van der Waals surface area contributed by atoms with Crippen molar-refractivity contribution in [1.29, 1.82) is 0 Å². The summed E-state index contributed by atoms with van der Waals surface area (Å²) in [7, 11) is 1.16. The van der Waals surface area contributed by atoms with E-state index in [1.807, 2.05) is 21.1 Å². The molecular weight excluding hydrogens is 1130 g/mol. The number of allylic oxidation sites excluding steroid dienone is 22. The van der Waals surface area contributed by atoms with Crippen molar-refractivity contribution in [2.75, 3.05) is 47.5 Å². The highest BCUT2D eigenvalue weighted by atomic mass is 31.2. The normalized spacial score (nSPS) is 13.9. The number of hydrogen-bond donors (Lipinski definition) is 0. The molecule has 0 amide bonds. The molecule has 0 spiro atoms. The van der Waals surface area contributed by atoms with E-state index in [0.717, 1.165) is 116 Å². The summed E-state index contributed by atoms with van der Waals surface area (Å²) in [5.41, 5.74) is 0. The standard InChI is InChI=1S/C80H138NO8P/c1-6-8-10-12-14-16-18-20-22-24-26-28-30-32-34-36-37-38-39-40-41-42-43-45-46-48-50-52-54-56-58-60-62-64-66-68-70-72-79(82)86-76-78(77-88-90(84,85)87-75-74-81(3,4)5)89-80(83)73-71-69-67-65-63-61-59-57-55-53-51-49-47-44-35-33-31-29-27-25-23-21-19-17-15-13-11-9-7-2/h8-11,14-17,20-23,26-29,32-35,47,49,78H,6-7,12-13,18-19,24-25,30-31,36-46,48,50-77H2,1-5H3/b10-8-,11-9-,16-14-,17-15-,22-20-,23-21-,28-26-,29-27-,34-32-,35-33-,49-47-. The number of quaternary nitrogens is 1. The fourth-order valence-electron chi connectivity index (χ4n) is 10.1. The van der Waals surface area contributed by atoms with Crippen LogP contribution < -0.4 is 4.89 Å². The molecule has 2 atom stereocenters. The fraction of sp³-hybridized carbons (Fsp3) is 0.700. The Bertz CT molecular complexity index is 1980. The zero-order chi connectivity index (χ0) is 65.5. The van der Waals surface area contributed by atoms with Gasteiger partial charge >= 0.3 is 11.9 Å². The lowest BCUT2D eigenvalue weighted by Crippen LogP contribution is -2.37. The Morgan fingerprint density at radius 1 is 0.344 bits per heavy atom. The molecule has 0 N–H and O–H groups in total. The number of ether oxygens (including phenoxy) is 2. The molecule has 0 aliphatic heterocycles. The zero-order valence-corrected chi connectivity index (χ0v) is 59.7. The van der Waals surface area contributed by atoms with Gasteiger partial charge in [-0.05, 0) is 109 Å². The minimum absolute atomic E-state index is 0.0358. The van der Waals surface area contributed by atoms with Gasteiger partial charge in [-0.15, -0.1) is 0 Å². The monoisotopic (exact) mass is 1270 g/mol. The van der Waals surface area contributed by atoms with Crippen LogP contribution in [0.15, 0.2) is 134 Å². The van der Waals surface area contributed by atoms with E-state index >= 15 is 0 Å². The Kier molecular flexibility index (Phi) is 66.5. The summed E-state index contributed by atoms with van der Waals surface area (Å²) in [5.74, 6) is -0.833. The Labute approximate surface area is 555 Å². The highest BCUT2D eigenvalue weighted by Crippen LogP contribution is 2.38. The van der Waals surface area contributed by atoms with Gasteiger partial charge in [-0.2, -0.15) is 0 Å². The molecule has 10 heteroatoms. The minimum Gasteiger partial charge on any atom is -0.756 e. The van der Waals surface area contributed by atoms with Gasteiger partial charge < -0.3 is 27.9 Å². The highest BCUT2D eigenvalue weighted by molar-refractivity contribution is 7.45. The highest BCUT2D eigenvalue weighted by Gasteiger charge is 2.22. The summed E-state index contributed by atoms with van der Waals surface area (Å²) in [6.45, 7) is 4.03. The summed E-state index contributed by atoms with van der Waals surface area (Å²) in [6.07, 6.45) is 101. The molecule has 9 nitrogen and oxygen atoms in total. The first-order chi connectivity index (χ1) is 44.0. The smallest absolute Gasteiger partial charge is 0.306 e. The van der Waals surface area contributed by atoms with Crippen molar-refractivity contribution in [1.82, 2.24) is 0 Å². The molecule has 90 heavy (non-hydrogen) atoms. The maximum atomic E-state index is 12.9. The van der Waals surface area contributed by atoms with Crippen molar-refractivity contribution in [3.05, 3.63) is 134 Å². The molecule has 516 valence electrons. The van der Waals surface area contributed by atoms with Crippen LogP contribution in [0.2, 0.25) is 0 Å². The molecule has 0 aliphatic carbocycles. The first kappa shape index (κ1) is 86.2. The maximum absolute atomic E-state index is 12.9. The molecule has 2 unspecified atom stereocenters. The molecule has 0 saturated carbocycles. The fourth-order valence-corrected chi connectivity index (χ4v) is 10.8. The van der Waals surface area contributed by atoms with E-state index in [1.165, 1.54) is 161 Å². The molecule has 0 rings (SSSR count). The first-order valence-electron chi connectivity index (χ1n) is 36.9. The second-order valence-corrected chi connectivity index (χ2v) is 27.0. The topological polar surface area (TPSA) is 111 Å². The average Bonchev–Trinajstić information content (AvgIpc) is 3.58. The van der Waals surface area contributed by atoms with Crippen LogP contribution in [0.25, 0.3) is 0 Å². The maximum Gasteiger partial charge on any atom is 0.306 e. The number of phosphoric acid groups is 1. The lowest BCUT2D eigenvalue weighted by molar-refractivity contribution is -0.870. The molecule has 0 aromatic carbocycles. The summed E-state index contributed by atoms with van der Waals surface area (Å²) in [4.78, 5) is 38.1. The van der Waals surface area contributed by atoms with Crippen molar-refractivity contribution < 1.29 is 42.1 Å². The number of unbranched alkanes of at least 4 members (excludes halogenated alkanes) is 31. The van der Waals surface area contributed by atoms with Gasteiger partial charge in [-0.1, -0.05) is 321 Å². The van der Waals surface area contributed by atoms with Gasteiger partial charge in [0, 0.05) is 12.8 Å². The Morgan fingerprint density at radius 3 is 0.889 bits per heavy atom. The van der Waals surface area contributed by atoms with Crippen molar-refractivity contribution in [3.63, 3.8) is 0 Å². The molecular formula is C80H138NO8P. The van der Waals surface area contributed by atoms with E-state index in [2.05, 4.69) is 148 Å². The van der Waals surface area contributed by atoms with Crippen molar-refractivity contribution >= 4 is 19.8 Å². The van der Waals surface area contributed by atoms with Crippen LogP contribution in [0, 0.1) is 0 Å². The third kappa shape index (κ3) is 73.2. The molecule has 0 bridgehead atoms. The number of likely N-dealkylation sites (N-methyl/N-ethyl adjacent to an activating group) is 1. The van der Waals surface area contributed by atoms with Crippen LogP contribution in [-0.2, 0) is 32.7 Å². The zero-order valence-electron chi connectivity index (χ0n) is 58.8. The van der Waals surface area contributed by atoms with Crippen LogP contribution in [0.4, 0.5) is 0 Å². The summed E-state index contributed by atoms with van der Waals surface area (Å²) in [6, 6.07) is 0. The van der Waals surface area contributed by atoms with E-state index in [1.54, 1.807) is 0 Å². The van der Waals surface area contributed by atoms with Gasteiger partial charge in [-0.25, -0.2) is 0 Å². The molecule has 0 radical (unpaired) electrons. The van der Waals surface area contributed by atoms with Gasteiger partial charge in [0.1, 0.15) is 19.8 Å². The summed E-state index contributed by atoms with van der Waals surface area (Å²) < 4.78 is 34.4. The molecule has 0 fully saturated rings. The van der Waals surface area contributed by atoms with Crippen LogP contribution in [0.3, 0.4) is 0 Å². The quantitative estimate of drug-likeness (QED) is 0.0195. The number of carbonyl (C=O) groups excluding carboxylic acids is 2. The predicted octanol–water partition coefficient (Wildman–Crippen LogP) is 23.8. The Hall–Kier alpha value is -3.85. The van der Waals surface area contributed by atoms with Crippen molar-refractivity contribution in [2.45, 2.75) is 315 Å². The number of rotatable bonds is 67. The van der Waals surface area contributed by atoms with Gasteiger partial charge in [0.25, 0.3) is 7.82 Å². The molecule has 0 aromatic rings. The minimum atomic E-state index is -4.65. The third-order valence-corrected chi connectivity index (χ3v) is 16.6. The van der Waals surface area contributed by atoms with E-state index < -0.39 is 26.5 Å². The summed E-state index contributed by atoms with van der Waals surface area (Å²) >= 11 is 0. The van der Waals surface area contributed by atoms with Gasteiger partial charge in [0.05, 0.1) is 27.7 Å². The molecule has 0 heterocycles. The molecule has 0 saturated heterocycles. The second kappa shape index (κ2) is 69.5. The van der Waals surface area contributed by atoms with Crippen LogP contribution in [-0.4, -0.2) is 70.0 Å². The number of esters is 2. The van der Waals surface area contributed by atoms with Gasteiger partial charge in [0.15, 0.2) is 6.10 Å². The van der Waals surface area contributed by atoms with Crippen molar-refractivity contribution in [3.8, 4) is 0 Å². The number of carbonyl (C=O) groups is 2. The largest absolute Gasteiger partial charge is 0.756 e. The average molecular weight is 1270 g/mol. The second-order valence-electron chi connectivity index (χ2n) is 25.5. The lowest BCUT2D eigenvalue weighted by Gasteiger charge is -2.28. The summed E-state index contributed by atoms with van der Waals surface area (Å²) in [5, 5.41) is 0. The first-order valence-corrected chi connectivity index (χ1v) is 38.4. The van der Waals surface area contributed by atoms with E-state index in [4.69, 9.17) is 18.5 Å². The van der Waals surface area contributed by atoms with Crippen LogP contribution in [0.5, 0.6) is 0 Å². The number of hydrogen-bond acceptors (Lipinski definition) is 8. The van der Waals surface area contributed by atoms with E-state index in [0.29, 0.717) is 17.4 Å². The lowest BCUT2D eigenvalue weighted by atomic mass is 10.0. The Morgan fingerprint density at radius 2 is 0.600 bits per heavy atom. The molecule has 0 aromatic heterocycles. The van der Waals surface area contributed by atoms with E-state index in [9.17, 15) is 19.0 Å². The Balaban J connectivity index is 4.01. The van der Waals surface area contributed by atoms with Crippen LogP contribution >= 0.6 is 7.82 Å². The number of phosphoric ester groups is 1. The third-order valence-electron chi connectivity index (χ3n) is 15.7. The van der Waals surface area contributed by atoms with E-state index in [-0.39, 0.29) is 32.0 Å². The van der Waals surface area contributed by atoms with Gasteiger partial charge in [-0.3, -0.25) is 14.2 Å². The molecule has 0 aliphatic rings. The number of nitrogens with zero attached hydrogens (tertiary/aromatic N) is 1. The van der Waals surface area contributed by atoms with Gasteiger partial charge in [0.2, 0.25) is 0 Å². The predicted molar refractivity (Wildman–Crippen MR) is 388 cm³/mol. The van der Waals surface area contributed by atoms with Crippen LogP contribution in [0.1, 0.15) is 309 Å². The SMILES string of the molecule is CC/C=C\C/C=C\C/C=C\C/C=C\C/C=C\C/C=C\CCCCCCCCCCCCC(=O)OC(COC(=O)CCCCCCCCCCCCCCCCCCCCCCC/C=C\C/C=C\C/C=C\C/C=C\C/C=C\CC)COP(=O)([O-])OCC[N+](C)(C)C.